The average Bonchev–Trinajstić information content (AvgIpc) is 2.59. The molecule has 2 aliphatic rings. The lowest BCUT2D eigenvalue weighted by Crippen LogP contribution is -2.45. The number of aldehydes is 1. The lowest BCUT2D eigenvalue weighted by molar-refractivity contribution is -0.384. The van der Waals surface area contributed by atoms with E-state index in [1.54, 1.807) is 18.2 Å². The highest BCUT2D eigenvalue weighted by Gasteiger charge is 2.27. The first-order valence-corrected chi connectivity index (χ1v) is 8.40. The standard InChI is InChI=1S/C17H23N3O3/c21-13-16-5-4-14-12-15(20(22)23)6-7-17(14)19(16)11-10-18-8-2-1-3-9-18/h6-7,12-13,16H,1-5,8-11H2. The fraction of sp³-hybridized carbons (Fsp3) is 0.588. The number of benzene rings is 1. The zero-order valence-corrected chi connectivity index (χ0v) is 13.3. The molecule has 6 nitrogen and oxygen atoms in total. The molecule has 0 amide bonds. The Balaban J connectivity index is 1.76. The molecule has 1 saturated heterocycles. The largest absolute Gasteiger partial charge is 0.360 e. The fourth-order valence-electron chi connectivity index (χ4n) is 3.66. The second kappa shape index (κ2) is 7.08. The number of non-ortho nitro benzene ring substituents is 1. The van der Waals surface area contributed by atoms with Gasteiger partial charge in [0.05, 0.1) is 11.0 Å². The van der Waals surface area contributed by atoms with Crippen LogP contribution >= 0.6 is 0 Å². The zero-order chi connectivity index (χ0) is 16.2. The number of aryl methyl sites for hydroxylation is 1. The van der Waals surface area contributed by atoms with Crippen LogP contribution in [0.1, 0.15) is 31.2 Å². The van der Waals surface area contributed by atoms with Crippen molar-refractivity contribution in [2.75, 3.05) is 31.1 Å². The van der Waals surface area contributed by atoms with Gasteiger partial charge in [0.15, 0.2) is 0 Å². The Kier molecular flexibility index (Phi) is 4.91. The van der Waals surface area contributed by atoms with Gasteiger partial charge in [-0.3, -0.25) is 10.1 Å². The number of nitrogens with zero attached hydrogens (tertiary/aromatic N) is 3. The van der Waals surface area contributed by atoms with Crippen molar-refractivity contribution in [2.24, 2.45) is 0 Å². The normalized spacial score (nSPS) is 21.7. The summed E-state index contributed by atoms with van der Waals surface area (Å²) in [5, 5.41) is 11.0. The van der Waals surface area contributed by atoms with Crippen LogP contribution in [0.15, 0.2) is 18.2 Å². The Morgan fingerprint density at radius 1 is 1.22 bits per heavy atom. The summed E-state index contributed by atoms with van der Waals surface area (Å²) in [4.78, 5) is 26.6. The number of rotatable bonds is 5. The third kappa shape index (κ3) is 3.52. The van der Waals surface area contributed by atoms with Crippen LogP contribution in [-0.4, -0.2) is 48.3 Å². The van der Waals surface area contributed by atoms with Crippen molar-refractivity contribution in [2.45, 2.75) is 38.1 Å². The molecular weight excluding hydrogens is 294 g/mol. The highest BCUT2D eigenvalue weighted by Crippen LogP contribution is 2.32. The van der Waals surface area contributed by atoms with Crippen molar-refractivity contribution < 1.29 is 9.72 Å². The van der Waals surface area contributed by atoms with E-state index in [1.807, 2.05) is 0 Å². The summed E-state index contributed by atoms with van der Waals surface area (Å²) in [6, 6.07) is 4.89. The number of carbonyl (C=O) groups is 1. The molecule has 23 heavy (non-hydrogen) atoms. The first-order valence-electron chi connectivity index (χ1n) is 8.40. The van der Waals surface area contributed by atoms with E-state index in [1.165, 1.54) is 19.3 Å². The summed E-state index contributed by atoms with van der Waals surface area (Å²) in [5.41, 5.74) is 2.09. The van der Waals surface area contributed by atoms with Crippen LogP contribution < -0.4 is 4.90 Å². The van der Waals surface area contributed by atoms with Crippen molar-refractivity contribution in [3.63, 3.8) is 0 Å². The topological polar surface area (TPSA) is 66.7 Å². The molecule has 6 heteroatoms. The molecule has 1 aromatic rings. The van der Waals surface area contributed by atoms with E-state index in [2.05, 4.69) is 9.80 Å². The van der Waals surface area contributed by atoms with Gasteiger partial charge in [0.2, 0.25) is 0 Å². The summed E-state index contributed by atoms with van der Waals surface area (Å²) in [6.07, 6.45) is 6.28. The summed E-state index contributed by atoms with van der Waals surface area (Å²) in [5.74, 6) is 0. The zero-order valence-electron chi connectivity index (χ0n) is 13.3. The first-order chi connectivity index (χ1) is 11.2. The molecule has 124 valence electrons. The molecule has 0 bridgehead atoms. The molecule has 1 fully saturated rings. The molecule has 0 aliphatic carbocycles. The van der Waals surface area contributed by atoms with Crippen LogP contribution in [0.25, 0.3) is 0 Å². The second-order valence-corrected chi connectivity index (χ2v) is 6.41. The summed E-state index contributed by atoms with van der Waals surface area (Å²) >= 11 is 0. The molecule has 0 radical (unpaired) electrons. The van der Waals surface area contributed by atoms with E-state index in [-0.39, 0.29) is 16.7 Å². The van der Waals surface area contributed by atoms with Gasteiger partial charge >= 0.3 is 0 Å². The lowest BCUT2D eigenvalue weighted by Gasteiger charge is -2.38. The minimum atomic E-state index is -0.357. The number of hydrogen-bond acceptors (Lipinski definition) is 5. The monoisotopic (exact) mass is 317 g/mol. The Morgan fingerprint density at radius 2 is 2.00 bits per heavy atom. The third-order valence-electron chi connectivity index (χ3n) is 4.96. The quantitative estimate of drug-likeness (QED) is 0.474. The van der Waals surface area contributed by atoms with Crippen molar-refractivity contribution in [1.82, 2.24) is 4.90 Å². The number of nitro benzene ring substituents is 1. The molecular formula is C17H23N3O3. The highest BCUT2D eigenvalue weighted by atomic mass is 16.6. The minimum absolute atomic E-state index is 0.117. The number of nitro groups is 1. The molecule has 1 unspecified atom stereocenters. The van der Waals surface area contributed by atoms with Gasteiger partial charge in [-0.2, -0.15) is 0 Å². The molecule has 2 heterocycles. The molecule has 0 N–H and O–H groups in total. The van der Waals surface area contributed by atoms with Gasteiger partial charge in [0.1, 0.15) is 6.29 Å². The maximum absolute atomic E-state index is 11.4. The van der Waals surface area contributed by atoms with Crippen LogP contribution in [0.2, 0.25) is 0 Å². The van der Waals surface area contributed by atoms with E-state index in [9.17, 15) is 14.9 Å². The van der Waals surface area contributed by atoms with E-state index < -0.39 is 0 Å². The van der Waals surface area contributed by atoms with Crippen LogP contribution in [0.4, 0.5) is 11.4 Å². The number of likely N-dealkylation sites (tertiary alicyclic amines) is 1. The van der Waals surface area contributed by atoms with E-state index >= 15 is 0 Å². The number of piperidine rings is 1. The van der Waals surface area contributed by atoms with Gasteiger partial charge in [-0.1, -0.05) is 6.42 Å². The van der Waals surface area contributed by atoms with Crippen molar-refractivity contribution in [3.05, 3.63) is 33.9 Å². The van der Waals surface area contributed by atoms with Crippen LogP contribution in [0.3, 0.4) is 0 Å². The van der Waals surface area contributed by atoms with Gasteiger partial charge in [0, 0.05) is 30.9 Å². The molecule has 0 spiro atoms. The van der Waals surface area contributed by atoms with Crippen LogP contribution in [-0.2, 0) is 11.2 Å². The Hall–Kier alpha value is -1.95. The van der Waals surface area contributed by atoms with E-state index in [0.29, 0.717) is 0 Å². The molecule has 1 aromatic carbocycles. The van der Waals surface area contributed by atoms with Crippen LogP contribution in [0.5, 0.6) is 0 Å². The predicted molar refractivity (Wildman–Crippen MR) is 88.9 cm³/mol. The fourth-order valence-corrected chi connectivity index (χ4v) is 3.66. The van der Waals surface area contributed by atoms with E-state index in [4.69, 9.17) is 0 Å². The maximum atomic E-state index is 11.4. The summed E-state index contributed by atoms with van der Waals surface area (Å²) in [6.45, 7) is 4.01. The van der Waals surface area contributed by atoms with Gasteiger partial charge in [-0.25, -0.2) is 0 Å². The van der Waals surface area contributed by atoms with Gasteiger partial charge in [-0.05, 0) is 50.4 Å². The van der Waals surface area contributed by atoms with E-state index in [0.717, 1.165) is 56.6 Å². The molecule has 3 rings (SSSR count). The van der Waals surface area contributed by atoms with Crippen molar-refractivity contribution in [1.29, 1.82) is 0 Å². The maximum Gasteiger partial charge on any atom is 0.269 e. The Morgan fingerprint density at radius 3 is 2.70 bits per heavy atom. The predicted octanol–water partition coefficient (Wildman–Crippen LogP) is 2.40. The van der Waals surface area contributed by atoms with Crippen molar-refractivity contribution in [3.8, 4) is 0 Å². The van der Waals surface area contributed by atoms with Gasteiger partial charge in [0.25, 0.3) is 5.69 Å². The number of carbonyl (C=O) groups excluding carboxylic acids is 1. The number of anilines is 1. The third-order valence-corrected chi connectivity index (χ3v) is 4.96. The molecule has 0 aromatic heterocycles. The highest BCUT2D eigenvalue weighted by molar-refractivity contribution is 5.71. The van der Waals surface area contributed by atoms with Crippen molar-refractivity contribution >= 4 is 17.7 Å². The second-order valence-electron chi connectivity index (χ2n) is 6.41. The lowest BCUT2D eigenvalue weighted by atomic mass is 9.95. The Bertz CT molecular complexity index is 584. The Labute approximate surface area is 136 Å². The molecule has 2 aliphatic heterocycles. The van der Waals surface area contributed by atoms with Gasteiger partial charge < -0.3 is 14.6 Å². The summed E-state index contributed by atoms with van der Waals surface area (Å²) in [7, 11) is 0. The SMILES string of the molecule is O=CC1CCc2cc([N+](=O)[O-])ccc2N1CCN1CCCCC1. The first kappa shape index (κ1) is 15.9. The molecule has 0 saturated carbocycles. The minimum Gasteiger partial charge on any atom is -0.360 e. The molecule has 1 atom stereocenters. The number of hydrogen-bond donors (Lipinski definition) is 0. The van der Waals surface area contributed by atoms with Crippen LogP contribution in [0, 0.1) is 10.1 Å². The van der Waals surface area contributed by atoms with Gasteiger partial charge in [-0.15, -0.1) is 0 Å². The summed E-state index contributed by atoms with van der Waals surface area (Å²) < 4.78 is 0. The smallest absolute Gasteiger partial charge is 0.269 e. The average molecular weight is 317 g/mol. The number of fused-ring (bicyclic) bond motifs is 1.